The third-order valence-corrected chi connectivity index (χ3v) is 3.65. The first kappa shape index (κ1) is 11.9. The predicted molar refractivity (Wildman–Crippen MR) is 81.8 cm³/mol. The van der Waals surface area contributed by atoms with Crippen molar-refractivity contribution in [3.8, 4) is 10.4 Å². The smallest absolute Gasteiger partial charge is 0.153 e. The molecule has 91 valence electrons. The molecule has 1 heterocycles. The summed E-state index contributed by atoms with van der Waals surface area (Å²) in [5.41, 5.74) is 6.31. The SMILES string of the molecule is [c]1nc(C=Cc2ccccc2)c(-c2ccccc2)s1. The standard InChI is InChI=1S/C17H12NS/c1-3-7-14(8-4-1)11-12-16-17(19-13-18-16)15-9-5-2-6-10-15/h1-12H. The summed E-state index contributed by atoms with van der Waals surface area (Å²) in [6, 6.07) is 20.5. The van der Waals surface area contributed by atoms with E-state index in [1.165, 1.54) is 11.1 Å². The molecule has 0 saturated heterocycles. The topological polar surface area (TPSA) is 12.9 Å². The van der Waals surface area contributed by atoms with Gasteiger partial charge in [0.05, 0.1) is 10.6 Å². The minimum absolute atomic E-state index is 0.972. The molecular formula is C17H12NS. The Hall–Kier alpha value is -2.19. The highest BCUT2D eigenvalue weighted by Crippen LogP contribution is 2.28. The molecule has 2 aromatic carbocycles. The van der Waals surface area contributed by atoms with E-state index in [1.54, 1.807) is 11.3 Å². The number of rotatable bonds is 3. The summed E-state index contributed by atoms with van der Waals surface area (Å²) in [7, 11) is 0. The van der Waals surface area contributed by atoms with Gasteiger partial charge in [-0.2, -0.15) is 0 Å². The van der Waals surface area contributed by atoms with E-state index in [2.05, 4.69) is 40.8 Å². The predicted octanol–water partition coefficient (Wildman–Crippen LogP) is 4.78. The minimum Gasteiger partial charge on any atom is -0.233 e. The average molecular weight is 262 g/mol. The maximum Gasteiger partial charge on any atom is 0.153 e. The fraction of sp³-hybridized carbons (Fsp3) is 0. The summed E-state index contributed by atoms with van der Waals surface area (Å²) < 4.78 is 0. The number of benzene rings is 2. The van der Waals surface area contributed by atoms with Crippen molar-refractivity contribution in [1.82, 2.24) is 4.98 Å². The van der Waals surface area contributed by atoms with Gasteiger partial charge in [0.2, 0.25) is 0 Å². The van der Waals surface area contributed by atoms with Gasteiger partial charge in [0.15, 0.2) is 5.51 Å². The molecule has 0 bridgehead atoms. The Morgan fingerprint density at radius 3 is 2.26 bits per heavy atom. The van der Waals surface area contributed by atoms with Crippen LogP contribution in [0.25, 0.3) is 22.6 Å². The van der Waals surface area contributed by atoms with Gasteiger partial charge >= 0.3 is 0 Å². The molecule has 3 rings (SSSR count). The third kappa shape index (κ3) is 2.80. The van der Waals surface area contributed by atoms with E-state index in [-0.39, 0.29) is 0 Å². The number of hydrogen-bond acceptors (Lipinski definition) is 2. The number of thiazole rings is 1. The van der Waals surface area contributed by atoms with Crippen molar-refractivity contribution in [1.29, 1.82) is 0 Å². The maximum absolute atomic E-state index is 4.31. The van der Waals surface area contributed by atoms with Crippen LogP contribution in [0.5, 0.6) is 0 Å². The fourth-order valence-corrected chi connectivity index (χ4v) is 2.58. The molecule has 0 aliphatic rings. The zero-order chi connectivity index (χ0) is 12.9. The summed E-state index contributed by atoms with van der Waals surface area (Å²) >= 11 is 1.55. The Morgan fingerprint density at radius 1 is 0.842 bits per heavy atom. The normalized spacial score (nSPS) is 10.9. The van der Waals surface area contributed by atoms with Gasteiger partial charge in [-0.25, -0.2) is 4.98 Å². The molecule has 0 fully saturated rings. The van der Waals surface area contributed by atoms with Gasteiger partial charge in [-0.15, -0.1) is 11.3 Å². The Kier molecular flexibility index (Phi) is 3.52. The van der Waals surface area contributed by atoms with Gasteiger partial charge in [-0.3, -0.25) is 0 Å². The van der Waals surface area contributed by atoms with Crippen LogP contribution in [-0.2, 0) is 0 Å². The van der Waals surface area contributed by atoms with Gasteiger partial charge in [-0.1, -0.05) is 66.7 Å². The largest absolute Gasteiger partial charge is 0.233 e. The molecule has 1 aromatic heterocycles. The highest BCUT2D eigenvalue weighted by atomic mass is 32.1. The Labute approximate surface area is 116 Å². The molecule has 1 radical (unpaired) electrons. The highest BCUT2D eigenvalue weighted by Gasteiger charge is 2.05. The molecule has 0 N–H and O–H groups in total. The van der Waals surface area contributed by atoms with Gasteiger partial charge in [0, 0.05) is 0 Å². The molecule has 0 spiro atoms. The summed E-state index contributed by atoms with van der Waals surface area (Å²) in [4.78, 5) is 5.47. The second kappa shape index (κ2) is 5.63. The van der Waals surface area contributed by atoms with Crippen LogP contribution in [0.1, 0.15) is 11.3 Å². The molecule has 2 heteroatoms. The van der Waals surface area contributed by atoms with Crippen LogP contribution in [0.3, 0.4) is 0 Å². The van der Waals surface area contributed by atoms with Crippen molar-refractivity contribution >= 4 is 23.5 Å². The van der Waals surface area contributed by atoms with Crippen LogP contribution < -0.4 is 0 Å². The summed E-state index contributed by atoms with van der Waals surface area (Å²) in [6.07, 6.45) is 4.12. The minimum atomic E-state index is 0.972. The molecule has 0 atom stereocenters. The van der Waals surface area contributed by atoms with Crippen LogP contribution >= 0.6 is 11.3 Å². The molecule has 0 unspecified atom stereocenters. The average Bonchev–Trinajstić information content (AvgIpc) is 2.95. The highest BCUT2D eigenvalue weighted by molar-refractivity contribution is 7.13. The maximum atomic E-state index is 4.31. The van der Waals surface area contributed by atoms with E-state index in [1.807, 2.05) is 42.5 Å². The van der Waals surface area contributed by atoms with Crippen molar-refractivity contribution in [2.24, 2.45) is 0 Å². The first-order chi connectivity index (χ1) is 9.43. The first-order valence-corrected chi connectivity index (χ1v) is 6.90. The van der Waals surface area contributed by atoms with E-state index < -0.39 is 0 Å². The van der Waals surface area contributed by atoms with E-state index >= 15 is 0 Å². The Balaban J connectivity index is 1.91. The number of aromatic nitrogens is 1. The van der Waals surface area contributed by atoms with Crippen molar-refractivity contribution in [3.63, 3.8) is 0 Å². The van der Waals surface area contributed by atoms with Gasteiger partial charge in [-0.05, 0) is 17.2 Å². The van der Waals surface area contributed by atoms with E-state index in [9.17, 15) is 0 Å². The van der Waals surface area contributed by atoms with Crippen LogP contribution in [0.4, 0.5) is 0 Å². The molecular weight excluding hydrogens is 250 g/mol. The second-order valence-corrected chi connectivity index (χ2v) is 4.92. The molecule has 0 saturated carbocycles. The Bertz CT molecular complexity index is 669. The lowest BCUT2D eigenvalue weighted by Gasteiger charge is -1.98. The quantitative estimate of drug-likeness (QED) is 0.662. The van der Waals surface area contributed by atoms with Crippen LogP contribution in [0.2, 0.25) is 0 Å². The van der Waals surface area contributed by atoms with E-state index in [0.717, 1.165) is 10.6 Å². The van der Waals surface area contributed by atoms with Crippen LogP contribution in [0, 0.1) is 5.51 Å². The van der Waals surface area contributed by atoms with Gasteiger partial charge < -0.3 is 0 Å². The monoisotopic (exact) mass is 262 g/mol. The lowest BCUT2D eigenvalue weighted by Crippen LogP contribution is -1.78. The molecule has 0 aliphatic heterocycles. The summed E-state index contributed by atoms with van der Waals surface area (Å²) in [5.74, 6) is 0. The van der Waals surface area contributed by atoms with Crippen molar-refractivity contribution < 1.29 is 0 Å². The molecule has 1 nitrogen and oxygen atoms in total. The third-order valence-electron chi connectivity index (χ3n) is 2.82. The number of hydrogen-bond donors (Lipinski definition) is 0. The lowest BCUT2D eigenvalue weighted by atomic mass is 10.1. The van der Waals surface area contributed by atoms with Crippen LogP contribution in [-0.4, -0.2) is 4.98 Å². The molecule has 0 amide bonds. The lowest BCUT2D eigenvalue weighted by molar-refractivity contribution is 1.37. The zero-order valence-corrected chi connectivity index (χ0v) is 11.1. The van der Waals surface area contributed by atoms with E-state index in [0.29, 0.717) is 0 Å². The van der Waals surface area contributed by atoms with Crippen molar-refractivity contribution in [2.45, 2.75) is 0 Å². The molecule has 0 aliphatic carbocycles. The van der Waals surface area contributed by atoms with Crippen molar-refractivity contribution in [3.05, 3.63) is 77.4 Å². The Morgan fingerprint density at radius 2 is 1.53 bits per heavy atom. The first-order valence-electron chi connectivity index (χ1n) is 6.09. The molecule has 19 heavy (non-hydrogen) atoms. The second-order valence-electron chi connectivity index (χ2n) is 4.13. The summed E-state index contributed by atoms with van der Waals surface area (Å²) in [6.45, 7) is 0. The zero-order valence-electron chi connectivity index (χ0n) is 10.3. The number of nitrogens with zero attached hydrogens (tertiary/aromatic N) is 1. The molecule has 3 aromatic rings. The fourth-order valence-electron chi connectivity index (χ4n) is 1.87. The van der Waals surface area contributed by atoms with Gasteiger partial charge in [0.1, 0.15) is 0 Å². The summed E-state index contributed by atoms with van der Waals surface area (Å²) in [5, 5.41) is 0. The van der Waals surface area contributed by atoms with Crippen molar-refractivity contribution in [2.75, 3.05) is 0 Å². The van der Waals surface area contributed by atoms with Gasteiger partial charge in [0.25, 0.3) is 0 Å². The van der Waals surface area contributed by atoms with E-state index in [4.69, 9.17) is 0 Å². The van der Waals surface area contributed by atoms with Crippen LogP contribution in [0.15, 0.2) is 60.7 Å².